The van der Waals surface area contributed by atoms with Gasteiger partial charge in [-0.15, -0.1) is 0 Å². The van der Waals surface area contributed by atoms with Crippen molar-refractivity contribution in [3.8, 4) is 0 Å². The van der Waals surface area contributed by atoms with Crippen molar-refractivity contribution in [1.82, 2.24) is 9.55 Å². The molecule has 4 heteroatoms. The van der Waals surface area contributed by atoms with Gasteiger partial charge in [0, 0.05) is 12.4 Å². The summed E-state index contributed by atoms with van der Waals surface area (Å²) in [5, 5.41) is 0. The summed E-state index contributed by atoms with van der Waals surface area (Å²) < 4.78 is 12.6. The lowest BCUT2D eigenvalue weighted by molar-refractivity contribution is -0.142. The van der Waals surface area contributed by atoms with Gasteiger partial charge in [-0.1, -0.05) is 0 Å². The first-order valence-corrected chi connectivity index (χ1v) is 4.53. The summed E-state index contributed by atoms with van der Waals surface area (Å²) in [5.74, 6) is 1.04. The van der Waals surface area contributed by atoms with Gasteiger partial charge in [0.25, 0.3) is 0 Å². The third-order valence-corrected chi connectivity index (χ3v) is 2.30. The predicted octanol–water partition coefficient (Wildman–Crippen LogP) is 0.955. The molecule has 0 aromatic carbocycles. The lowest BCUT2D eigenvalue weighted by Gasteiger charge is -2.23. The Morgan fingerprint density at radius 2 is 2.62 bits per heavy atom. The quantitative estimate of drug-likeness (QED) is 0.683. The molecular weight excluding hydrogens is 168 g/mol. The fourth-order valence-corrected chi connectivity index (χ4v) is 1.46. The molecule has 1 unspecified atom stereocenters. The smallest absolute Gasteiger partial charge is 0.147 e. The highest BCUT2D eigenvalue weighted by Crippen LogP contribution is 2.09. The SMILES string of the molecule is Cc1nccn1CC1CCOCO1. The largest absolute Gasteiger partial charge is 0.355 e. The van der Waals surface area contributed by atoms with Gasteiger partial charge < -0.3 is 14.0 Å². The molecule has 0 spiro atoms. The summed E-state index contributed by atoms with van der Waals surface area (Å²) >= 11 is 0. The number of imidazole rings is 1. The van der Waals surface area contributed by atoms with Crippen LogP contribution in [0, 0.1) is 6.92 Å². The number of rotatable bonds is 2. The van der Waals surface area contributed by atoms with Gasteiger partial charge in [-0.05, 0) is 13.3 Å². The second-order valence-corrected chi connectivity index (χ2v) is 3.23. The zero-order valence-corrected chi connectivity index (χ0v) is 7.77. The Morgan fingerprint density at radius 1 is 1.69 bits per heavy atom. The van der Waals surface area contributed by atoms with E-state index in [0.29, 0.717) is 6.79 Å². The van der Waals surface area contributed by atoms with Crippen LogP contribution in [0.15, 0.2) is 12.4 Å². The first-order chi connectivity index (χ1) is 6.36. The summed E-state index contributed by atoms with van der Waals surface area (Å²) in [6.07, 6.45) is 5.04. The molecule has 0 amide bonds. The average molecular weight is 182 g/mol. The lowest BCUT2D eigenvalue weighted by atomic mass is 10.2. The van der Waals surface area contributed by atoms with Crippen LogP contribution in [0.4, 0.5) is 0 Å². The number of ether oxygens (including phenoxy) is 2. The van der Waals surface area contributed by atoms with Crippen LogP contribution >= 0.6 is 0 Å². The maximum Gasteiger partial charge on any atom is 0.147 e. The second-order valence-electron chi connectivity index (χ2n) is 3.23. The van der Waals surface area contributed by atoms with Gasteiger partial charge in [-0.25, -0.2) is 4.98 Å². The van der Waals surface area contributed by atoms with Gasteiger partial charge in [0.2, 0.25) is 0 Å². The molecule has 1 saturated heterocycles. The number of aryl methyl sites for hydroxylation is 1. The highest BCUT2D eigenvalue weighted by molar-refractivity contribution is 4.89. The van der Waals surface area contributed by atoms with Gasteiger partial charge in [0.15, 0.2) is 0 Å². The van der Waals surface area contributed by atoms with E-state index in [2.05, 4.69) is 9.55 Å². The molecule has 1 aliphatic heterocycles. The summed E-state index contributed by atoms with van der Waals surface area (Å²) in [4.78, 5) is 4.16. The van der Waals surface area contributed by atoms with Crippen molar-refractivity contribution in [2.45, 2.75) is 26.0 Å². The van der Waals surface area contributed by atoms with Crippen LogP contribution in [0.3, 0.4) is 0 Å². The maximum absolute atomic E-state index is 5.44. The zero-order valence-electron chi connectivity index (χ0n) is 7.77. The van der Waals surface area contributed by atoms with Gasteiger partial charge in [0.1, 0.15) is 12.6 Å². The molecule has 1 aromatic rings. The normalized spacial score (nSPS) is 23.3. The Morgan fingerprint density at radius 3 is 3.23 bits per heavy atom. The Hall–Kier alpha value is -0.870. The van der Waals surface area contributed by atoms with Crippen LogP contribution in [0.25, 0.3) is 0 Å². The molecule has 13 heavy (non-hydrogen) atoms. The summed E-state index contributed by atoms with van der Waals surface area (Å²) in [6.45, 7) is 4.12. The minimum atomic E-state index is 0.279. The third-order valence-electron chi connectivity index (χ3n) is 2.30. The summed E-state index contributed by atoms with van der Waals surface area (Å²) in [6, 6.07) is 0. The van der Waals surface area contributed by atoms with Crippen LogP contribution in [0.5, 0.6) is 0 Å². The molecule has 1 aromatic heterocycles. The molecule has 1 fully saturated rings. The van der Waals surface area contributed by atoms with Gasteiger partial charge >= 0.3 is 0 Å². The van der Waals surface area contributed by atoms with Crippen molar-refractivity contribution in [2.24, 2.45) is 0 Å². The average Bonchev–Trinajstić information content (AvgIpc) is 2.54. The van der Waals surface area contributed by atoms with E-state index in [9.17, 15) is 0 Å². The van der Waals surface area contributed by atoms with Crippen LogP contribution in [0.2, 0.25) is 0 Å². The number of nitrogens with zero attached hydrogens (tertiary/aromatic N) is 2. The molecule has 0 bridgehead atoms. The molecule has 0 radical (unpaired) electrons. The van der Waals surface area contributed by atoms with Crippen molar-refractivity contribution in [1.29, 1.82) is 0 Å². The fourth-order valence-electron chi connectivity index (χ4n) is 1.46. The molecule has 1 atom stereocenters. The maximum atomic E-state index is 5.44. The van der Waals surface area contributed by atoms with E-state index in [1.165, 1.54) is 0 Å². The van der Waals surface area contributed by atoms with E-state index < -0.39 is 0 Å². The van der Waals surface area contributed by atoms with Crippen molar-refractivity contribution < 1.29 is 9.47 Å². The molecule has 72 valence electrons. The Labute approximate surface area is 77.5 Å². The van der Waals surface area contributed by atoms with E-state index in [1.807, 2.05) is 19.3 Å². The van der Waals surface area contributed by atoms with Gasteiger partial charge in [-0.3, -0.25) is 0 Å². The van der Waals surface area contributed by atoms with Crippen LogP contribution in [0.1, 0.15) is 12.2 Å². The van der Waals surface area contributed by atoms with E-state index in [1.54, 1.807) is 0 Å². The Balaban J connectivity index is 1.93. The number of hydrogen-bond acceptors (Lipinski definition) is 3. The van der Waals surface area contributed by atoms with Crippen LogP contribution in [-0.2, 0) is 16.0 Å². The first-order valence-electron chi connectivity index (χ1n) is 4.53. The monoisotopic (exact) mass is 182 g/mol. The van der Waals surface area contributed by atoms with E-state index in [-0.39, 0.29) is 6.10 Å². The summed E-state index contributed by atoms with van der Waals surface area (Å²) in [7, 11) is 0. The Kier molecular flexibility index (Phi) is 2.61. The predicted molar refractivity (Wildman–Crippen MR) is 47.3 cm³/mol. The van der Waals surface area contributed by atoms with Crippen molar-refractivity contribution in [2.75, 3.05) is 13.4 Å². The first kappa shape index (κ1) is 8.72. The number of hydrogen-bond donors (Lipinski definition) is 0. The van der Waals surface area contributed by atoms with Crippen LogP contribution < -0.4 is 0 Å². The van der Waals surface area contributed by atoms with Gasteiger partial charge in [-0.2, -0.15) is 0 Å². The lowest BCUT2D eigenvalue weighted by Crippen LogP contribution is -2.28. The van der Waals surface area contributed by atoms with Crippen molar-refractivity contribution in [3.63, 3.8) is 0 Å². The Bertz CT molecular complexity index is 266. The standard InChI is InChI=1S/C9H14N2O2/c1-8-10-3-4-11(8)6-9-2-5-12-7-13-9/h3-4,9H,2,5-7H2,1H3. The molecule has 2 rings (SSSR count). The van der Waals surface area contributed by atoms with Crippen LogP contribution in [-0.4, -0.2) is 29.1 Å². The van der Waals surface area contributed by atoms with Gasteiger partial charge in [0.05, 0.1) is 19.3 Å². The highest BCUT2D eigenvalue weighted by Gasteiger charge is 2.14. The summed E-state index contributed by atoms with van der Waals surface area (Å²) in [5.41, 5.74) is 0. The fraction of sp³-hybridized carbons (Fsp3) is 0.667. The molecular formula is C9H14N2O2. The van der Waals surface area contributed by atoms with E-state index in [4.69, 9.17) is 9.47 Å². The zero-order chi connectivity index (χ0) is 9.10. The minimum absolute atomic E-state index is 0.279. The van der Waals surface area contributed by atoms with Crippen molar-refractivity contribution in [3.05, 3.63) is 18.2 Å². The molecule has 1 aliphatic rings. The van der Waals surface area contributed by atoms with E-state index in [0.717, 1.165) is 25.4 Å². The molecule has 2 heterocycles. The third kappa shape index (κ3) is 2.08. The molecule has 0 saturated carbocycles. The number of aromatic nitrogens is 2. The molecule has 4 nitrogen and oxygen atoms in total. The highest BCUT2D eigenvalue weighted by atomic mass is 16.7. The molecule has 0 N–H and O–H groups in total. The van der Waals surface area contributed by atoms with Crippen molar-refractivity contribution >= 4 is 0 Å². The minimum Gasteiger partial charge on any atom is -0.355 e. The molecule has 0 aliphatic carbocycles. The second kappa shape index (κ2) is 3.89. The topological polar surface area (TPSA) is 36.3 Å². The van der Waals surface area contributed by atoms with E-state index >= 15 is 0 Å².